The summed E-state index contributed by atoms with van der Waals surface area (Å²) in [5.74, 6) is -4.32. The maximum absolute atomic E-state index is 15.0. The predicted molar refractivity (Wildman–Crippen MR) is 167 cm³/mol. The van der Waals surface area contributed by atoms with E-state index in [1.165, 1.54) is 10.6 Å². The Morgan fingerprint density at radius 2 is 1.80 bits per heavy atom. The number of aromatic nitrogens is 4. The minimum Gasteiger partial charge on any atom is -0.444 e. The number of rotatable bonds is 4. The van der Waals surface area contributed by atoms with Crippen LogP contribution in [0.4, 0.5) is 23.8 Å². The van der Waals surface area contributed by atoms with E-state index in [0.29, 0.717) is 42.0 Å². The van der Waals surface area contributed by atoms with E-state index in [1.807, 2.05) is 32.6 Å². The average Bonchev–Trinajstić information content (AvgIpc) is 2.95. The molecule has 1 aliphatic heterocycles. The topological polar surface area (TPSA) is 93.5 Å². The molecule has 0 spiro atoms. The molecule has 4 aromatic rings. The van der Waals surface area contributed by atoms with Gasteiger partial charge in [-0.05, 0) is 70.4 Å². The first-order chi connectivity index (χ1) is 21.1. The van der Waals surface area contributed by atoms with Crippen LogP contribution < -0.4 is 10.6 Å². The van der Waals surface area contributed by atoms with Gasteiger partial charge in [0.25, 0.3) is 0 Å². The number of pyridine rings is 2. The Bertz CT molecular complexity index is 1870. The van der Waals surface area contributed by atoms with Crippen molar-refractivity contribution in [1.29, 1.82) is 0 Å². The fourth-order valence-electron chi connectivity index (χ4n) is 5.47. The van der Waals surface area contributed by atoms with E-state index in [2.05, 4.69) is 15.0 Å². The second-order valence-corrected chi connectivity index (χ2v) is 12.9. The molecule has 238 valence electrons. The summed E-state index contributed by atoms with van der Waals surface area (Å²) in [6.45, 7) is 13.8. The standard InChI is InChI=1S/C32H34ClF3N6O3/c1-16(2)25-27(17(3)10-11-37-25)42-29-20(14-21(33)26(38-29)19-8-9-22(34)24(36)23(19)35)28(39-30(42)43)41-13-12-40(15-18(41)4)31(44)45-32(5,6)7/h8-11,14,16,18H,12-13,15H2,1-7H3/t18-/m0/s1. The van der Waals surface area contributed by atoms with Gasteiger partial charge in [0, 0.05) is 37.4 Å². The summed E-state index contributed by atoms with van der Waals surface area (Å²) in [6, 6.07) is 4.77. The molecule has 5 rings (SSSR count). The molecule has 0 unspecified atom stereocenters. The summed E-state index contributed by atoms with van der Waals surface area (Å²) in [5.41, 5.74) is -0.0434. The fraction of sp³-hybridized carbons (Fsp3) is 0.406. The average molecular weight is 643 g/mol. The van der Waals surface area contributed by atoms with Crippen LogP contribution in [0.5, 0.6) is 0 Å². The lowest BCUT2D eigenvalue weighted by Gasteiger charge is -2.41. The van der Waals surface area contributed by atoms with E-state index in [-0.39, 0.29) is 39.7 Å². The Hall–Kier alpha value is -4.19. The van der Waals surface area contributed by atoms with Gasteiger partial charge in [-0.1, -0.05) is 25.4 Å². The number of carbonyl (C=O) groups excluding carboxylic acids is 1. The largest absolute Gasteiger partial charge is 0.444 e. The summed E-state index contributed by atoms with van der Waals surface area (Å²) < 4.78 is 50.0. The van der Waals surface area contributed by atoms with Crippen LogP contribution in [0.25, 0.3) is 28.0 Å². The number of piperazine rings is 1. The molecule has 1 atom stereocenters. The second-order valence-electron chi connectivity index (χ2n) is 12.5. The van der Waals surface area contributed by atoms with Crippen molar-refractivity contribution in [3.05, 3.63) is 74.7 Å². The third-order valence-electron chi connectivity index (χ3n) is 7.57. The first-order valence-corrected chi connectivity index (χ1v) is 14.9. The van der Waals surface area contributed by atoms with Crippen molar-refractivity contribution in [1.82, 2.24) is 24.4 Å². The lowest BCUT2D eigenvalue weighted by Crippen LogP contribution is -2.55. The molecule has 45 heavy (non-hydrogen) atoms. The summed E-state index contributed by atoms with van der Waals surface area (Å²) in [7, 11) is 0. The van der Waals surface area contributed by atoms with Gasteiger partial charge in [0.2, 0.25) is 0 Å². The Morgan fingerprint density at radius 3 is 2.44 bits per heavy atom. The summed E-state index contributed by atoms with van der Waals surface area (Å²) in [6.07, 6.45) is 1.19. The van der Waals surface area contributed by atoms with Crippen LogP contribution >= 0.6 is 11.6 Å². The van der Waals surface area contributed by atoms with Crippen molar-refractivity contribution in [3.8, 4) is 16.9 Å². The number of carbonyl (C=O) groups is 1. The number of ether oxygens (including phenoxy) is 1. The van der Waals surface area contributed by atoms with Crippen molar-refractivity contribution >= 4 is 34.5 Å². The molecule has 1 saturated heterocycles. The Labute approximate surface area is 263 Å². The maximum atomic E-state index is 15.0. The number of amides is 1. The molecule has 0 saturated carbocycles. The van der Waals surface area contributed by atoms with Crippen LogP contribution in [-0.2, 0) is 4.74 Å². The molecule has 1 aromatic carbocycles. The molecule has 0 N–H and O–H groups in total. The van der Waals surface area contributed by atoms with Gasteiger partial charge in [-0.2, -0.15) is 4.98 Å². The molecule has 0 aliphatic carbocycles. The SMILES string of the molecule is Cc1ccnc(C(C)C)c1-n1c(=O)nc(N2CCN(C(=O)OC(C)(C)C)C[C@@H]2C)c2cc(Cl)c(-c3ccc(F)c(F)c3F)nc21. The van der Waals surface area contributed by atoms with Crippen molar-refractivity contribution in [2.24, 2.45) is 0 Å². The van der Waals surface area contributed by atoms with E-state index < -0.39 is 34.8 Å². The molecule has 0 radical (unpaired) electrons. The van der Waals surface area contributed by atoms with Gasteiger partial charge < -0.3 is 14.5 Å². The summed E-state index contributed by atoms with van der Waals surface area (Å²) >= 11 is 6.67. The van der Waals surface area contributed by atoms with Gasteiger partial charge >= 0.3 is 11.8 Å². The summed E-state index contributed by atoms with van der Waals surface area (Å²) in [4.78, 5) is 43.9. The second kappa shape index (κ2) is 12.0. The minimum atomic E-state index is -1.67. The lowest BCUT2D eigenvalue weighted by atomic mass is 10.0. The number of aryl methyl sites for hydroxylation is 1. The Balaban J connectivity index is 1.74. The monoisotopic (exact) mass is 642 g/mol. The zero-order chi connectivity index (χ0) is 33.0. The van der Waals surface area contributed by atoms with Crippen LogP contribution in [0.1, 0.15) is 58.7 Å². The van der Waals surface area contributed by atoms with Gasteiger partial charge in [0.05, 0.1) is 27.5 Å². The highest BCUT2D eigenvalue weighted by molar-refractivity contribution is 6.33. The number of anilines is 1. The van der Waals surface area contributed by atoms with Crippen LogP contribution in [0.3, 0.4) is 0 Å². The molecular weight excluding hydrogens is 609 g/mol. The molecule has 1 amide bonds. The molecule has 4 heterocycles. The number of hydrogen-bond acceptors (Lipinski definition) is 7. The molecule has 13 heteroatoms. The first kappa shape index (κ1) is 32.2. The highest BCUT2D eigenvalue weighted by atomic mass is 35.5. The van der Waals surface area contributed by atoms with Gasteiger partial charge in [0.15, 0.2) is 23.1 Å². The van der Waals surface area contributed by atoms with Crippen molar-refractivity contribution in [3.63, 3.8) is 0 Å². The Morgan fingerprint density at radius 1 is 1.09 bits per heavy atom. The van der Waals surface area contributed by atoms with E-state index in [0.717, 1.165) is 12.1 Å². The molecule has 0 bridgehead atoms. The first-order valence-electron chi connectivity index (χ1n) is 14.6. The quantitative estimate of drug-likeness (QED) is 0.226. The molecule has 1 fully saturated rings. The highest BCUT2D eigenvalue weighted by Crippen LogP contribution is 2.37. The third-order valence-corrected chi connectivity index (χ3v) is 7.86. The van der Waals surface area contributed by atoms with Crippen molar-refractivity contribution in [2.75, 3.05) is 24.5 Å². The highest BCUT2D eigenvalue weighted by Gasteiger charge is 2.33. The van der Waals surface area contributed by atoms with Crippen LogP contribution in [0.15, 0.2) is 35.3 Å². The van der Waals surface area contributed by atoms with Gasteiger partial charge in [-0.25, -0.2) is 32.3 Å². The zero-order valence-electron chi connectivity index (χ0n) is 26.1. The van der Waals surface area contributed by atoms with Crippen LogP contribution in [0, 0.1) is 24.4 Å². The van der Waals surface area contributed by atoms with E-state index >= 15 is 4.39 Å². The van der Waals surface area contributed by atoms with Gasteiger partial charge in [-0.15, -0.1) is 0 Å². The van der Waals surface area contributed by atoms with Gasteiger partial charge in [0.1, 0.15) is 11.4 Å². The Kier molecular flexibility index (Phi) is 8.56. The minimum absolute atomic E-state index is 0.0623. The number of hydrogen-bond donors (Lipinski definition) is 0. The van der Waals surface area contributed by atoms with Crippen LogP contribution in [-0.4, -0.2) is 61.8 Å². The predicted octanol–water partition coefficient (Wildman–Crippen LogP) is 6.79. The lowest BCUT2D eigenvalue weighted by molar-refractivity contribution is 0.0218. The number of halogens is 4. The fourth-order valence-corrected chi connectivity index (χ4v) is 5.73. The molecular formula is C32H34ClF3N6O3. The number of nitrogens with zero attached hydrogens (tertiary/aromatic N) is 6. The zero-order valence-corrected chi connectivity index (χ0v) is 26.8. The van der Waals surface area contributed by atoms with E-state index in [4.69, 9.17) is 16.3 Å². The normalized spacial score (nSPS) is 15.7. The number of fused-ring (bicyclic) bond motifs is 1. The molecule has 9 nitrogen and oxygen atoms in total. The third kappa shape index (κ3) is 6.07. The molecule has 3 aromatic heterocycles. The molecule has 1 aliphatic rings. The smallest absolute Gasteiger partial charge is 0.410 e. The van der Waals surface area contributed by atoms with E-state index in [1.54, 1.807) is 37.9 Å². The number of benzene rings is 1. The summed E-state index contributed by atoms with van der Waals surface area (Å²) in [5, 5.41) is 0.301. The van der Waals surface area contributed by atoms with Crippen molar-refractivity contribution < 1.29 is 22.7 Å². The maximum Gasteiger partial charge on any atom is 0.410 e. The van der Waals surface area contributed by atoms with Crippen molar-refractivity contribution in [2.45, 2.75) is 66.0 Å². The van der Waals surface area contributed by atoms with Gasteiger partial charge in [-0.3, -0.25) is 4.98 Å². The van der Waals surface area contributed by atoms with E-state index in [9.17, 15) is 18.4 Å². The van der Waals surface area contributed by atoms with Crippen LogP contribution in [0.2, 0.25) is 5.02 Å².